The SMILES string of the molecule is CCN(C(=O)[C@H]1CCN(C(=O)c2ccc(CCCC(C)(C)C(=O)O)cc2)c2ccccc21)C1CCCC1. The van der Waals surface area contributed by atoms with Crippen molar-refractivity contribution in [3.8, 4) is 0 Å². The molecule has 0 unspecified atom stereocenters. The summed E-state index contributed by atoms with van der Waals surface area (Å²) in [5.74, 6) is -0.845. The van der Waals surface area contributed by atoms with Crippen molar-refractivity contribution in [1.29, 1.82) is 0 Å². The minimum atomic E-state index is -0.778. The Morgan fingerprint density at radius 2 is 1.68 bits per heavy atom. The van der Waals surface area contributed by atoms with Gasteiger partial charge in [0.05, 0.1) is 11.3 Å². The summed E-state index contributed by atoms with van der Waals surface area (Å²) in [6.07, 6.45) is 7.34. The van der Waals surface area contributed by atoms with Gasteiger partial charge in [0.1, 0.15) is 0 Å². The number of amides is 2. The van der Waals surface area contributed by atoms with Crippen LogP contribution in [0.2, 0.25) is 0 Å². The van der Waals surface area contributed by atoms with Gasteiger partial charge in [0, 0.05) is 30.4 Å². The van der Waals surface area contributed by atoms with Crippen LogP contribution in [0.4, 0.5) is 5.69 Å². The minimum absolute atomic E-state index is 0.0555. The van der Waals surface area contributed by atoms with E-state index in [0.717, 1.165) is 49.0 Å². The lowest BCUT2D eigenvalue weighted by Gasteiger charge is -2.37. The van der Waals surface area contributed by atoms with Crippen molar-refractivity contribution in [2.75, 3.05) is 18.0 Å². The summed E-state index contributed by atoms with van der Waals surface area (Å²) in [7, 11) is 0. The van der Waals surface area contributed by atoms with Crippen molar-refractivity contribution in [2.45, 2.75) is 84.1 Å². The number of aryl methyl sites for hydroxylation is 1. The van der Waals surface area contributed by atoms with Crippen molar-refractivity contribution < 1.29 is 19.5 Å². The van der Waals surface area contributed by atoms with Gasteiger partial charge in [-0.2, -0.15) is 0 Å². The van der Waals surface area contributed by atoms with Crippen LogP contribution in [0.15, 0.2) is 48.5 Å². The fourth-order valence-electron chi connectivity index (χ4n) is 5.85. The summed E-state index contributed by atoms with van der Waals surface area (Å²) in [5.41, 5.74) is 2.76. The number of likely N-dealkylation sites (N-methyl/N-ethyl adjacent to an activating group) is 1. The van der Waals surface area contributed by atoms with Crippen LogP contribution >= 0.6 is 0 Å². The lowest BCUT2D eigenvalue weighted by atomic mass is 9.86. The van der Waals surface area contributed by atoms with E-state index < -0.39 is 11.4 Å². The summed E-state index contributed by atoms with van der Waals surface area (Å²) in [5, 5.41) is 9.30. The molecule has 1 fully saturated rings. The smallest absolute Gasteiger partial charge is 0.309 e. The molecule has 0 spiro atoms. The lowest BCUT2D eigenvalue weighted by Crippen LogP contribution is -2.45. The average Bonchev–Trinajstić information content (AvgIpc) is 3.43. The van der Waals surface area contributed by atoms with Crippen LogP contribution in [-0.4, -0.2) is 46.9 Å². The van der Waals surface area contributed by atoms with Crippen LogP contribution in [0.3, 0.4) is 0 Å². The van der Waals surface area contributed by atoms with Crippen molar-refractivity contribution in [1.82, 2.24) is 4.90 Å². The molecule has 0 saturated heterocycles. The standard InChI is InChI=1S/C31H40N2O4/c1-4-32(24-11-5-6-12-24)29(35)26-19-21-33(27-14-8-7-13-25(26)27)28(34)23-17-15-22(16-18-23)10-9-20-31(2,3)30(36)37/h7-8,13-18,24,26H,4-6,9-12,19-21H2,1-3H3,(H,36,37)/t26-/m0/s1. The number of hydrogen-bond donors (Lipinski definition) is 1. The van der Waals surface area contributed by atoms with E-state index >= 15 is 0 Å². The number of carbonyl (C=O) groups is 3. The molecule has 1 N–H and O–H groups in total. The van der Waals surface area contributed by atoms with E-state index in [0.29, 0.717) is 31.0 Å². The van der Waals surface area contributed by atoms with Crippen molar-refractivity contribution >= 4 is 23.5 Å². The Morgan fingerprint density at radius 3 is 2.32 bits per heavy atom. The lowest BCUT2D eigenvalue weighted by molar-refractivity contribution is -0.147. The normalized spacial score (nSPS) is 17.9. The van der Waals surface area contributed by atoms with Crippen LogP contribution in [0.5, 0.6) is 0 Å². The maximum atomic E-state index is 13.6. The Labute approximate surface area is 220 Å². The second kappa shape index (κ2) is 11.5. The highest BCUT2D eigenvalue weighted by molar-refractivity contribution is 6.07. The van der Waals surface area contributed by atoms with E-state index in [2.05, 4.69) is 11.8 Å². The van der Waals surface area contributed by atoms with Crippen LogP contribution in [-0.2, 0) is 16.0 Å². The second-order valence-electron chi connectivity index (χ2n) is 11.2. The number of aliphatic carboxylic acids is 1. The second-order valence-corrected chi connectivity index (χ2v) is 11.2. The quantitative estimate of drug-likeness (QED) is 0.451. The minimum Gasteiger partial charge on any atom is -0.481 e. The molecule has 1 heterocycles. The molecule has 198 valence electrons. The van der Waals surface area contributed by atoms with Gasteiger partial charge in [-0.15, -0.1) is 0 Å². The molecular weight excluding hydrogens is 464 g/mol. The molecule has 6 heteroatoms. The highest BCUT2D eigenvalue weighted by Crippen LogP contribution is 2.38. The third kappa shape index (κ3) is 5.89. The maximum absolute atomic E-state index is 13.6. The molecular formula is C31H40N2O4. The molecule has 2 aromatic rings. The number of carbonyl (C=O) groups excluding carboxylic acids is 2. The number of carboxylic acids is 1. The molecule has 2 amide bonds. The molecule has 6 nitrogen and oxygen atoms in total. The van der Waals surface area contributed by atoms with E-state index in [9.17, 15) is 19.5 Å². The van der Waals surface area contributed by atoms with Gasteiger partial charge in [-0.1, -0.05) is 43.2 Å². The molecule has 0 radical (unpaired) electrons. The van der Waals surface area contributed by atoms with Gasteiger partial charge in [0.15, 0.2) is 0 Å². The zero-order valence-corrected chi connectivity index (χ0v) is 22.4. The van der Waals surface area contributed by atoms with Gasteiger partial charge in [-0.25, -0.2) is 0 Å². The topological polar surface area (TPSA) is 77.9 Å². The van der Waals surface area contributed by atoms with Gasteiger partial charge in [-0.3, -0.25) is 14.4 Å². The first-order chi connectivity index (χ1) is 17.7. The third-order valence-electron chi connectivity index (χ3n) is 8.22. The molecule has 2 aromatic carbocycles. The van der Waals surface area contributed by atoms with Crippen molar-refractivity contribution in [3.63, 3.8) is 0 Å². The largest absolute Gasteiger partial charge is 0.481 e. The van der Waals surface area contributed by atoms with E-state index in [-0.39, 0.29) is 17.7 Å². The summed E-state index contributed by atoms with van der Waals surface area (Å²) in [6, 6.07) is 15.8. The van der Waals surface area contributed by atoms with E-state index in [1.807, 2.05) is 53.4 Å². The Balaban J connectivity index is 1.46. The number of fused-ring (bicyclic) bond motifs is 1. The number of benzene rings is 2. The Bertz CT molecular complexity index is 1120. The number of para-hydroxylation sites is 1. The first kappa shape index (κ1) is 26.9. The van der Waals surface area contributed by atoms with Crippen molar-refractivity contribution in [3.05, 3.63) is 65.2 Å². The van der Waals surface area contributed by atoms with Crippen molar-refractivity contribution in [2.24, 2.45) is 5.41 Å². The van der Waals surface area contributed by atoms with Gasteiger partial charge in [0.25, 0.3) is 5.91 Å². The monoisotopic (exact) mass is 504 g/mol. The zero-order chi connectivity index (χ0) is 26.6. The predicted octanol–water partition coefficient (Wildman–Crippen LogP) is 6.05. The number of carboxylic acid groups (broad SMARTS) is 1. The molecule has 37 heavy (non-hydrogen) atoms. The van der Waals surface area contributed by atoms with Gasteiger partial charge in [-0.05, 0) is 88.6 Å². The maximum Gasteiger partial charge on any atom is 0.309 e. The third-order valence-corrected chi connectivity index (χ3v) is 8.22. The summed E-state index contributed by atoms with van der Waals surface area (Å²) in [4.78, 5) is 42.4. The van der Waals surface area contributed by atoms with Crippen LogP contribution in [0.25, 0.3) is 0 Å². The van der Waals surface area contributed by atoms with E-state index in [1.165, 1.54) is 12.8 Å². The zero-order valence-electron chi connectivity index (χ0n) is 22.4. The van der Waals surface area contributed by atoms with E-state index in [1.54, 1.807) is 13.8 Å². The number of rotatable bonds is 9. The fourth-order valence-corrected chi connectivity index (χ4v) is 5.85. The predicted molar refractivity (Wildman–Crippen MR) is 146 cm³/mol. The number of nitrogens with zero attached hydrogens (tertiary/aromatic N) is 2. The summed E-state index contributed by atoms with van der Waals surface area (Å²) < 4.78 is 0. The highest BCUT2D eigenvalue weighted by atomic mass is 16.4. The summed E-state index contributed by atoms with van der Waals surface area (Å²) >= 11 is 0. The Kier molecular flexibility index (Phi) is 8.35. The molecule has 0 aromatic heterocycles. The molecule has 1 atom stereocenters. The molecule has 1 aliphatic carbocycles. The van der Waals surface area contributed by atoms with Crippen LogP contribution < -0.4 is 4.90 Å². The molecule has 1 aliphatic heterocycles. The number of hydrogen-bond acceptors (Lipinski definition) is 3. The van der Waals surface area contributed by atoms with Gasteiger partial charge in [0.2, 0.25) is 5.91 Å². The Hall–Kier alpha value is -3.15. The van der Waals surface area contributed by atoms with Gasteiger partial charge >= 0.3 is 5.97 Å². The first-order valence-corrected chi connectivity index (χ1v) is 13.8. The Morgan fingerprint density at radius 1 is 1.00 bits per heavy atom. The van der Waals surface area contributed by atoms with E-state index in [4.69, 9.17) is 0 Å². The molecule has 0 bridgehead atoms. The number of anilines is 1. The molecule has 4 rings (SSSR count). The van der Waals surface area contributed by atoms with Crippen LogP contribution in [0.1, 0.15) is 93.1 Å². The van der Waals surface area contributed by atoms with Crippen LogP contribution in [0, 0.1) is 5.41 Å². The molecule has 2 aliphatic rings. The fraction of sp³-hybridized carbons (Fsp3) is 0.516. The van der Waals surface area contributed by atoms with Gasteiger partial charge < -0.3 is 14.9 Å². The first-order valence-electron chi connectivity index (χ1n) is 13.8. The summed E-state index contributed by atoms with van der Waals surface area (Å²) in [6.45, 7) is 6.81. The highest BCUT2D eigenvalue weighted by Gasteiger charge is 2.37. The molecule has 1 saturated carbocycles. The average molecular weight is 505 g/mol.